The predicted molar refractivity (Wildman–Crippen MR) is 120 cm³/mol. The molecular formula is C25H30FN3O3. The van der Waals surface area contributed by atoms with Gasteiger partial charge in [0.2, 0.25) is 5.91 Å². The van der Waals surface area contributed by atoms with Crippen LogP contribution in [0.4, 0.5) is 4.39 Å². The van der Waals surface area contributed by atoms with Gasteiger partial charge in [0.15, 0.2) is 0 Å². The zero-order valence-corrected chi connectivity index (χ0v) is 18.6. The molecule has 7 heteroatoms. The van der Waals surface area contributed by atoms with Crippen LogP contribution in [-0.4, -0.2) is 64.0 Å². The number of β-amino-alcohol motifs (C(OH)–C–C–N with tert-alkyl or cyclic N) is 1. The number of nitrogens with zero attached hydrogens (tertiary/aromatic N) is 2. The molecule has 2 amide bonds. The van der Waals surface area contributed by atoms with Crippen LogP contribution in [0.25, 0.3) is 0 Å². The van der Waals surface area contributed by atoms with Gasteiger partial charge in [0.1, 0.15) is 11.4 Å². The van der Waals surface area contributed by atoms with Crippen LogP contribution in [0, 0.1) is 5.82 Å². The summed E-state index contributed by atoms with van der Waals surface area (Å²) in [6.07, 6.45) is 1.43. The molecule has 4 rings (SSSR count). The highest BCUT2D eigenvalue weighted by atomic mass is 19.1. The Morgan fingerprint density at radius 3 is 2.53 bits per heavy atom. The smallest absolute Gasteiger partial charge is 0.255 e. The Morgan fingerprint density at radius 1 is 1.09 bits per heavy atom. The van der Waals surface area contributed by atoms with Gasteiger partial charge in [-0.05, 0) is 49.9 Å². The molecule has 0 aromatic heterocycles. The van der Waals surface area contributed by atoms with Crippen LogP contribution in [0.1, 0.15) is 41.8 Å². The number of aliphatic hydroxyl groups is 1. The summed E-state index contributed by atoms with van der Waals surface area (Å²) in [6, 6.07) is 14.0. The molecule has 0 radical (unpaired) electrons. The lowest BCUT2D eigenvalue weighted by Gasteiger charge is -2.35. The predicted octanol–water partition coefficient (Wildman–Crippen LogP) is 2.36. The summed E-state index contributed by atoms with van der Waals surface area (Å²) in [7, 11) is 0. The molecule has 0 saturated carbocycles. The van der Waals surface area contributed by atoms with Gasteiger partial charge in [0.05, 0.1) is 17.7 Å². The summed E-state index contributed by atoms with van der Waals surface area (Å²) in [5.74, 6) is -1.56. The number of halogens is 1. The number of carbonyl (C=O) groups excluding carboxylic acids is 2. The Labute approximate surface area is 188 Å². The molecule has 2 heterocycles. The van der Waals surface area contributed by atoms with Crippen LogP contribution in [-0.2, 0) is 17.8 Å². The van der Waals surface area contributed by atoms with Gasteiger partial charge in [0.25, 0.3) is 5.91 Å². The van der Waals surface area contributed by atoms with E-state index in [1.165, 1.54) is 29.3 Å². The quantitative estimate of drug-likeness (QED) is 0.750. The molecule has 2 aliphatic rings. The van der Waals surface area contributed by atoms with Gasteiger partial charge < -0.3 is 15.3 Å². The van der Waals surface area contributed by atoms with Crippen molar-refractivity contribution in [3.63, 3.8) is 0 Å². The molecule has 1 atom stereocenters. The summed E-state index contributed by atoms with van der Waals surface area (Å²) in [6.45, 7) is 5.99. The second-order valence-electron chi connectivity index (χ2n) is 9.49. The van der Waals surface area contributed by atoms with Crippen LogP contribution >= 0.6 is 0 Å². The van der Waals surface area contributed by atoms with Crippen LogP contribution in [0.5, 0.6) is 0 Å². The third kappa shape index (κ3) is 4.69. The number of hydrogen-bond acceptors (Lipinski definition) is 4. The minimum atomic E-state index is -1.23. The zero-order valence-electron chi connectivity index (χ0n) is 18.6. The number of fused-ring (bicyclic) bond motifs is 1. The maximum Gasteiger partial charge on any atom is 0.255 e. The average molecular weight is 440 g/mol. The van der Waals surface area contributed by atoms with E-state index >= 15 is 0 Å². The molecule has 1 saturated heterocycles. The lowest BCUT2D eigenvalue weighted by atomic mass is 9.96. The summed E-state index contributed by atoms with van der Waals surface area (Å²) >= 11 is 0. The SMILES string of the molecule is CC(C)(NC(=O)c1ccccc1F)C(=O)N1CCC(O)(CN2CCc3ccccc3C2)C1. The van der Waals surface area contributed by atoms with Crippen LogP contribution in [0.2, 0.25) is 0 Å². The van der Waals surface area contributed by atoms with E-state index in [9.17, 15) is 19.1 Å². The normalized spacial score (nSPS) is 21.3. The van der Waals surface area contributed by atoms with Crippen molar-refractivity contribution in [2.75, 3.05) is 26.2 Å². The highest BCUT2D eigenvalue weighted by Crippen LogP contribution is 2.27. The molecule has 170 valence electrons. The van der Waals surface area contributed by atoms with Gasteiger partial charge in [-0.3, -0.25) is 14.5 Å². The minimum absolute atomic E-state index is 0.100. The summed E-state index contributed by atoms with van der Waals surface area (Å²) < 4.78 is 13.9. The summed E-state index contributed by atoms with van der Waals surface area (Å²) in [5.41, 5.74) is 0.315. The van der Waals surface area contributed by atoms with Crippen LogP contribution < -0.4 is 5.32 Å². The topological polar surface area (TPSA) is 72.9 Å². The van der Waals surface area contributed by atoms with E-state index in [0.29, 0.717) is 19.5 Å². The molecule has 6 nitrogen and oxygen atoms in total. The molecular weight excluding hydrogens is 409 g/mol. The molecule has 2 aromatic carbocycles. The molecule has 2 N–H and O–H groups in total. The van der Waals surface area contributed by atoms with Crippen molar-refractivity contribution in [1.29, 1.82) is 0 Å². The fourth-order valence-electron chi connectivity index (χ4n) is 4.71. The Hall–Kier alpha value is -2.77. The maximum absolute atomic E-state index is 13.9. The third-order valence-corrected chi connectivity index (χ3v) is 6.43. The Kier molecular flexibility index (Phi) is 6.05. The molecule has 1 unspecified atom stereocenters. The van der Waals surface area contributed by atoms with Crippen molar-refractivity contribution >= 4 is 11.8 Å². The van der Waals surface area contributed by atoms with E-state index in [1.54, 1.807) is 24.8 Å². The van der Waals surface area contributed by atoms with E-state index in [-0.39, 0.29) is 18.0 Å². The van der Waals surface area contributed by atoms with E-state index in [2.05, 4.69) is 28.4 Å². The number of carbonyl (C=O) groups is 2. The van der Waals surface area contributed by atoms with E-state index in [4.69, 9.17) is 0 Å². The second kappa shape index (κ2) is 8.64. The van der Waals surface area contributed by atoms with Crippen molar-refractivity contribution in [3.8, 4) is 0 Å². The van der Waals surface area contributed by atoms with Gasteiger partial charge in [0, 0.05) is 26.2 Å². The van der Waals surface area contributed by atoms with Crippen molar-refractivity contribution in [3.05, 3.63) is 71.0 Å². The highest BCUT2D eigenvalue weighted by Gasteiger charge is 2.44. The largest absolute Gasteiger partial charge is 0.387 e. The zero-order chi connectivity index (χ0) is 22.9. The van der Waals surface area contributed by atoms with E-state index in [1.807, 2.05) is 6.07 Å². The number of likely N-dealkylation sites (tertiary alicyclic amines) is 1. The fourth-order valence-corrected chi connectivity index (χ4v) is 4.71. The fraction of sp³-hybridized carbons (Fsp3) is 0.440. The van der Waals surface area contributed by atoms with Crippen molar-refractivity contribution in [2.45, 2.75) is 44.4 Å². The monoisotopic (exact) mass is 439 g/mol. The van der Waals surface area contributed by atoms with Gasteiger partial charge >= 0.3 is 0 Å². The first kappa shape index (κ1) is 22.4. The summed E-state index contributed by atoms with van der Waals surface area (Å²) in [5, 5.41) is 13.8. The number of hydrogen-bond donors (Lipinski definition) is 2. The Morgan fingerprint density at radius 2 is 1.78 bits per heavy atom. The molecule has 2 aliphatic heterocycles. The first-order chi connectivity index (χ1) is 15.2. The Balaban J connectivity index is 1.37. The van der Waals surface area contributed by atoms with Gasteiger partial charge in [-0.15, -0.1) is 0 Å². The van der Waals surface area contributed by atoms with Gasteiger partial charge in [-0.25, -0.2) is 4.39 Å². The van der Waals surface area contributed by atoms with E-state index < -0.39 is 22.9 Å². The lowest BCUT2D eigenvalue weighted by Crippen LogP contribution is -2.56. The van der Waals surface area contributed by atoms with Crippen LogP contribution in [0.3, 0.4) is 0 Å². The number of benzene rings is 2. The number of rotatable bonds is 5. The van der Waals surface area contributed by atoms with Gasteiger partial charge in [-0.1, -0.05) is 36.4 Å². The van der Waals surface area contributed by atoms with Crippen molar-refractivity contribution < 1.29 is 19.1 Å². The molecule has 2 aromatic rings. The first-order valence-electron chi connectivity index (χ1n) is 11.0. The third-order valence-electron chi connectivity index (χ3n) is 6.43. The molecule has 0 bridgehead atoms. The van der Waals surface area contributed by atoms with Crippen molar-refractivity contribution in [1.82, 2.24) is 15.1 Å². The Bertz CT molecular complexity index is 1020. The minimum Gasteiger partial charge on any atom is -0.387 e. The van der Waals surface area contributed by atoms with Crippen LogP contribution in [0.15, 0.2) is 48.5 Å². The molecule has 1 fully saturated rings. The summed E-state index contributed by atoms with van der Waals surface area (Å²) in [4.78, 5) is 29.5. The standard InChI is InChI=1S/C25H30FN3O3/c1-24(2,27-22(30)20-9-5-6-10-21(20)26)23(31)29-14-12-25(32,17-29)16-28-13-11-18-7-3-4-8-19(18)15-28/h3-10,32H,11-17H2,1-2H3,(H,27,30). The number of amides is 2. The first-order valence-corrected chi connectivity index (χ1v) is 11.0. The van der Waals surface area contributed by atoms with Gasteiger partial charge in [-0.2, -0.15) is 0 Å². The molecule has 0 spiro atoms. The molecule has 32 heavy (non-hydrogen) atoms. The van der Waals surface area contributed by atoms with Crippen molar-refractivity contribution in [2.24, 2.45) is 0 Å². The highest BCUT2D eigenvalue weighted by molar-refractivity contribution is 5.99. The molecule has 0 aliphatic carbocycles. The second-order valence-corrected chi connectivity index (χ2v) is 9.49. The lowest BCUT2D eigenvalue weighted by molar-refractivity contribution is -0.136. The average Bonchev–Trinajstić information content (AvgIpc) is 3.14. The maximum atomic E-state index is 13.9. The van der Waals surface area contributed by atoms with E-state index in [0.717, 1.165) is 19.5 Å². The number of nitrogens with one attached hydrogen (secondary N) is 1.